The Morgan fingerprint density at radius 1 is 0.850 bits per heavy atom. The minimum absolute atomic E-state index is 0.381. The summed E-state index contributed by atoms with van der Waals surface area (Å²) in [6, 6.07) is 0. The predicted octanol–water partition coefficient (Wildman–Crippen LogP) is 2.59. The average molecular weight is 282 g/mol. The molecule has 0 atom stereocenters. The molecule has 2 rings (SSSR count). The van der Waals surface area contributed by atoms with Gasteiger partial charge >= 0.3 is 0 Å². The normalized spacial score (nSPS) is 24.4. The molecule has 1 N–H and O–H groups in total. The van der Waals surface area contributed by atoms with Crippen molar-refractivity contribution in [3.05, 3.63) is 0 Å². The van der Waals surface area contributed by atoms with Gasteiger partial charge in [-0.15, -0.1) is 0 Å². The molecule has 20 heavy (non-hydrogen) atoms. The van der Waals surface area contributed by atoms with Gasteiger partial charge in [0, 0.05) is 13.1 Å². The fraction of sp³-hybridized carbons (Fsp3) is 1.00. The lowest BCUT2D eigenvalue weighted by Gasteiger charge is -2.41. The van der Waals surface area contributed by atoms with E-state index in [0.717, 1.165) is 25.9 Å². The van der Waals surface area contributed by atoms with E-state index in [1.165, 1.54) is 39.0 Å². The summed E-state index contributed by atoms with van der Waals surface area (Å²) in [7, 11) is 0. The first-order valence-electron chi connectivity index (χ1n) is 8.43. The number of aliphatic hydroxyl groups is 1. The smallest absolute Gasteiger partial charge is 0.0620 e. The van der Waals surface area contributed by atoms with Gasteiger partial charge in [0.1, 0.15) is 0 Å². The Balaban J connectivity index is 1.76. The Morgan fingerprint density at radius 3 is 1.75 bits per heavy atom. The van der Waals surface area contributed by atoms with Crippen LogP contribution < -0.4 is 0 Å². The molecule has 2 aliphatic rings. The molecule has 2 fully saturated rings. The maximum absolute atomic E-state index is 10.1. The van der Waals surface area contributed by atoms with Crippen LogP contribution in [-0.4, -0.2) is 59.8 Å². The van der Waals surface area contributed by atoms with Crippen LogP contribution in [0.25, 0.3) is 0 Å². The highest BCUT2D eigenvalue weighted by atomic mass is 16.3. The van der Waals surface area contributed by atoms with Gasteiger partial charge in [0.05, 0.1) is 5.60 Å². The Morgan fingerprint density at radius 2 is 1.30 bits per heavy atom. The average Bonchev–Trinajstić information content (AvgIpc) is 2.79. The van der Waals surface area contributed by atoms with E-state index in [1.807, 2.05) is 13.8 Å². The van der Waals surface area contributed by atoms with E-state index in [1.54, 1.807) is 0 Å². The zero-order valence-corrected chi connectivity index (χ0v) is 14.0. The van der Waals surface area contributed by atoms with Crippen molar-refractivity contribution in [3.63, 3.8) is 0 Å². The topological polar surface area (TPSA) is 26.7 Å². The van der Waals surface area contributed by atoms with Crippen LogP contribution in [0.4, 0.5) is 0 Å². The molecule has 0 saturated carbocycles. The third-order valence-electron chi connectivity index (χ3n) is 5.09. The number of hydrogen-bond acceptors (Lipinski definition) is 3. The predicted molar refractivity (Wildman–Crippen MR) is 84.9 cm³/mol. The number of hydrogen-bond donors (Lipinski definition) is 1. The van der Waals surface area contributed by atoms with E-state index < -0.39 is 5.60 Å². The van der Waals surface area contributed by atoms with Crippen molar-refractivity contribution < 1.29 is 5.11 Å². The van der Waals surface area contributed by atoms with Crippen LogP contribution in [0.3, 0.4) is 0 Å². The number of rotatable bonds is 5. The molecule has 3 nitrogen and oxygen atoms in total. The highest BCUT2D eigenvalue weighted by Gasteiger charge is 2.33. The molecule has 3 heteroatoms. The highest BCUT2D eigenvalue weighted by molar-refractivity contribution is 4.86. The van der Waals surface area contributed by atoms with Crippen LogP contribution in [0.15, 0.2) is 0 Å². The van der Waals surface area contributed by atoms with Crippen molar-refractivity contribution in [2.24, 2.45) is 11.3 Å². The zero-order valence-electron chi connectivity index (χ0n) is 14.0. The Labute approximate surface area is 125 Å². The van der Waals surface area contributed by atoms with E-state index in [-0.39, 0.29) is 0 Å². The molecule has 118 valence electrons. The molecule has 0 spiro atoms. The standard InChI is InChI=1S/C17H34N2O/c1-16(2,13-18-9-5-6-10-18)14-19-11-7-15(8-12-19)17(3,4)20/h15,20H,5-14H2,1-4H3. The third kappa shape index (κ3) is 4.71. The van der Waals surface area contributed by atoms with Crippen LogP contribution in [0.5, 0.6) is 0 Å². The summed E-state index contributed by atoms with van der Waals surface area (Å²) in [5, 5.41) is 10.1. The lowest BCUT2D eigenvalue weighted by Crippen LogP contribution is -2.47. The van der Waals surface area contributed by atoms with Gasteiger partial charge in [-0.05, 0) is 77.0 Å². The molecule has 0 aromatic rings. The van der Waals surface area contributed by atoms with E-state index in [0.29, 0.717) is 11.3 Å². The van der Waals surface area contributed by atoms with Gasteiger partial charge in [-0.3, -0.25) is 0 Å². The molecular formula is C17H34N2O. The van der Waals surface area contributed by atoms with Gasteiger partial charge in [0.2, 0.25) is 0 Å². The zero-order chi connectivity index (χ0) is 14.8. The summed E-state index contributed by atoms with van der Waals surface area (Å²) in [4.78, 5) is 5.24. The van der Waals surface area contributed by atoms with Crippen molar-refractivity contribution in [1.29, 1.82) is 0 Å². The summed E-state index contributed by atoms with van der Waals surface area (Å²) in [5.41, 5.74) is -0.122. The van der Waals surface area contributed by atoms with Gasteiger partial charge in [-0.25, -0.2) is 0 Å². The van der Waals surface area contributed by atoms with Gasteiger partial charge < -0.3 is 14.9 Å². The van der Waals surface area contributed by atoms with Crippen LogP contribution in [-0.2, 0) is 0 Å². The number of piperidine rings is 1. The van der Waals surface area contributed by atoms with E-state index in [9.17, 15) is 5.11 Å². The maximum Gasteiger partial charge on any atom is 0.0620 e. The molecular weight excluding hydrogens is 248 g/mol. The monoisotopic (exact) mass is 282 g/mol. The van der Waals surface area contributed by atoms with Crippen molar-refractivity contribution >= 4 is 0 Å². The van der Waals surface area contributed by atoms with Gasteiger partial charge in [-0.2, -0.15) is 0 Å². The Kier molecular flexibility index (Phi) is 5.14. The second-order valence-corrected chi connectivity index (χ2v) is 8.35. The lowest BCUT2D eigenvalue weighted by atomic mass is 9.82. The number of likely N-dealkylation sites (tertiary alicyclic amines) is 2. The molecule has 0 bridgehead atoms. The van der Waals surface area contributed by atoms with Crippen LogP contribution in [0, 0.1) is 11.3 Å². The van der Waals surface area contributed by atoms with Crippen LogP contribution in [0.2, 0.25) is 0 Å². The summed E-state index contributed by atoms with van der Waals surface area (Å²) >= 11 is 0. The fourth-order valence-electron chi connectivity index (χ4n) is 4.00. The quantitative estimate of drug-likeness (QED) is 0.839. The molecule has 0 aromatic heterocycles. The lowest BCUT2D eigenvalue weighted by molar-refractivity contribution is -0.0179. The number of nitrogens with zero attached hydrogens (tertiary/aromatic N) is 2. The minimum atomic E-state index is -0.503. The molecule has 0 amide bonds. The summed E-state index contributed by atoms with van der Waals surface area (Å²) < 4.78 is 0. The summed E-state index contributed by atoms with van der Waals surface area (Å²) in [6.07, 6.45) is 5.05. The first kappa shape index (κ1) is 16.3. The largest absolute Gasteiger partial charge is 0.390 e. The van der Waals surface area contributed by atoms with Gasteiger partial charge in [-0.1, -0.05) is 13.8 Å². The Hall–Kier alpha value is -0.120. The molecule has 0 aliphatic carbocycles. The van der Waals surface area contributed by atoms with E-state index in [4.69, 9.17) is 0 Å². The SMILES string of the molecule is CC(C)(CN1CCCC1)CN1CCC(C(C)(C)O)CC1. The van der Waals surface area contributed by atoms with Crippen molar-refractivity contribution in [2.75, 3.05) is 39.3 Å². The van der Waals surface area contributed by atoms with Crippen molar-refractivity contribution in [3.8, 4) is 0 Å². The molecule has 0 unspecified atom stereocenters. The van der Waals surface area contributed by atoms with Crippen LogP contribution >= 0.6 is 0 Å². The van der Waals surface area contributed by atoms with E-state index >= 15 is 0 Å². The highest BCUT2D eigenvalue weighted by Crippen LogP contribution is 2.30. The molecule has 2 saturated heterocycles. The second kappa shape index (κ2) is 6.33. The Bertz CT molecular complexity index is 295. The molecule has 0 aromatic carbocycles. The van der Waals surface area contributed by atoms with Gasteiger partial charge in [0.15, 0.2) is 0 Å². The molecule has 0 radical (unpaired) electrons. The van der Waals surface area contributed by atoms with Gasteiger partial charge in [0.25, 0.3) is 0 Å². The third-order valence-corrected chi connectivity index (χ3v) is 5.09. The minimum Gasteiger partial charge on any atom is -0.390 e. The second-order valence-electron chi connectivity index (χ2n) is 8.35. The first-order valence-corrected chi connectivity index (χ1v) is 8.43. The van der Waals surface area contributed by atoms with Crippen molar-refractivity contribution in [2.45, 2.75) is 59.0 Å². The fourth-order valence-corrected chi connectivity index (χ4v) is 4.00. The summed E-state index contributed by atoms with van der Waals surface area (Å²) in [6.45, 7) is 16.1. The van der Waals surface area contributed by atoms with Crippen molar-refractivity contribution in [1.82, 2.24) is 9.80 Å². The maximum atomic E-state index is 10.1. The molecule has 2 heterocycles. The summed E-state index contributed by atoms with van der Waals surface area (Å²) in [5.74, 6) is 0.473. The van der Waals surface area contributed by atoms with Crippen LogP contribution in [0.1, 0.15) is 53.4 Å². The molecule has 2 aliphatic heterocycles. The first-order chi connectivity index (χ1) is 9.26. The van der Waals surface area contributed by atoms with E-state index in [2.05, 4.69) is 23.6 Å².